The molecule has 0 saturated heterocycles. The first kappa shape index (κ1) is 23.4. The Kier molecular flexibility index (Phi) is 5.86. The Morgan fingerprint density at radius 1 is 1.25 bits per heavy atom. The number of anilines is 1. The van der Waals surface area contributed by atoms with E-state index in [4.69, 9.17) is 21.3 Å². The number of esters is 1. The summed E-state index contributed by atoms with van der Waals surface area (Å²) in [6.07, 6.45) is 0.449. The van der Waals surface area contributed by atoms with E-state index in [0.29, 0.717) is 46.8 Å². The minimum atomic E-state index is -0.692. The van der Waals surface area contributed by atoms with Gasteiger partial charge in [0, 0.05) is 24.1 Å². The minimum absolute atomic E-state index is 0.0312. The first-order valence-corrected chi connectivity index (χ1v) is 11.3. The first-order chi connectivity index (χ1) is 17.3. The van der Waals surface area contributed by atoms with Crippen LogP contribution in [0.25, 0.3) is 22.3 Å². The van der Waals surface area contributed by atoms with E-state index in [1.165, 1.54) is 29.9 Å². The number of nitrogens with one attached hydrogen (secondary N) is 1. The molecule has 1 aromatic carbocycles. The molecule has 11 heteroatoms. The number of hydrogen-bond donors (Lipinski definition) is 1. The molecule has 1 aliphatic rings. The fourth-order valence-electron chi connectivity index (χ4n) is 4.35. The fraction of sp³-hybridized carbons (Fsp3) is 0.200. The molecule has 0 amide bonds. The molecule has 0 unspecified atom stereocenters. The maximum Gasteiger partial charge on any atom is 0.358 e. The number of methoxy groups -OCH3 is 1. The average Bonchev–Trinajstić information content (AvgIpc) is 2.88. The molecular formula is C25H18ClFN6O3. The van der Waals surface area contributed by atoms with Crippen molar-refractivity contribution in [2.75, 3.05) is 12.4 Å². The van der Waals surface area contributed by atoms with Crippen LogP contribution in [0.4, 0.5) is 10.1 Å². The van der Waals surface area contributed by atoms with Gasteiger partial charge in [0.1, 0.15) is 28.6 Å². The lowest BCUT2D eigenvalue weighted by Gasteiger charge is -2.23. The molecule has 0 fully saturated rings. The molecule has 3 aromatic heterocycles. The number of benzene rings is 1. The molecule has 1 aliphatic heterocycles. The van der Waals surface area contributed by atoms with Gasteiger partial charge in [-0.05, 0) is 43.3 Å². The summed E-state index contributed by atoms with van der Waals surface area (Å²) in [7, 11) is 1.23. The summed E-state index contributed by atoms with van der Waals surface area (Å²) in [5.74, 6) is -0.888. The van der Waals surface area contributed by atoms with Crippen LogP contribution in [0.5, 0.6) is 0 Å². The SMILES string of the molecule is COC(=O)c1nc(Cl)ccc1N[C@H](C)c1cc(F)cc2c(=O)n3c(nc12)-c1ccc(C#N)nc1CC3. The Labute approximate surface area is 209 Å². The van der Waals surface area contributed by atoms with E-state index in [2.05, 4.69) is 15.3 Å². The third-order valence-corrected chi connectivity index (χ3v) is 6.24. The molecule has 0 bridgehead atoms. The zero-order chi connectivity index (χ0) is 25.6. The Balaban J connectivity index is 1.66. The van der Waals surface area contributed by atoms with Crippen LogP contribution in [-0.4, -0.2) is 32.6 Å². The van der Waals surface area contributed by atoms with Crippen molar-refractivity contribution in [1.82, 2.24) is 19.5 Å². The number of nitrogens with zero attached hydrogens (tertiary/aromatic N) is 5. The highest BCUT2D eigenvalue weighted by Gasteiger charge is 2.25. The third kappa shape index (κ3) is 3.93. The second-order valence-electron chi connectivity index (χ2n) is 8.22. The van der Waals surface area contributed by atoms with E-state index < -0.39 is 17.8 Å². The van der Waals surface area contributed by atoms with E-state index in [9.17, 15) is 19.2 Å². The van der Waals surface area contributed by atoms with Crippen LogP contribution in [0.15, 0.2) is 41.2 Å². The number of nitriles is 1. The molecule has 0 spiro atoms. The van der Waals surface area contributed by atoms with Gasteiger partial charge < -0.3 is 10.1 Å². The summed E-state index contributed by atoms with van der Waals surface area (Å²) in [5.41, 5.74) is 2.23. The molecular weight excluding hydrogens is 487 g/mol. The topological polar surface area (TPSA) is 123 Å². The fourth-order valence-corrected chi connectivity index (χ4v) is 4.50. The molecule has 0 radical (unpaired) electrons. The van der Waals surface area contributed by atoms with Crippen molar-refractivity contribution in [3.05, 3.63) is 80.4 Å². The lowest BCUT2D eigenvalue weighted by Crippen LogP contribution is -2.28. The number of carbonyl (C=O) groups is 1. The van der Waals surface area contributed by atoms with Gasteiger partial charge in [-0.15, -0.1) is 0 Å². The summed E-state index contributed by atoms with van der Waals surface area (Å²) in [4.78, 5) is 38.8. The van der Waals surface area contributed by atoms with Crippen LogP contribution in [0.3, 0.4) is 0 Å². The molecule has 0 saturated carbocycles. The predicted octanol–water partition coefficient (Wildman–Crippen LogP) is 4.03. The zero-order valence-corrected chi connectivity index (χ0v) is 19.9. The zero-order valence-electron chi connectivity index (χ0n) is 19.2. The highest BCUT2D eigenvalue weighted by atomic mass is 35.5. The van der Waals surface area contributed by atoms with E-state index in [1.807, 2.05) is 6.07 Å². The van der Waals surface area contributed by atoms with Crippen molar-refractivity contribution >= 4 is 34.2 Å². The molecule has 5 rings (SSSR count). The van der Waals surface area contributed by atoms with Gasteiger partial charge >= 0.3 is 5.97 Å². The van der Waals surface area contributed by atoms with Crippen LogP contribution in [0.2, 0.25) is 5.15 Å². The van der Waals surface area contributed by atoms with Gasteiger partial charge in [-0.2, -0.15) is 5.26 Å². The standard InChI is InChI=1S/C25H18ClFN6O3/c1-12(29-19-5-6-20(26)31-22(19)25(35)36-2)16-9-13(27)10-17-21(16)32-23-15-4-3-14(11-28)30-18(15)7-8-33(23)24(17)34/h3-6,9-10,12,29H,7-8H2,1-2H3/t12-/m1/s1. The van der Waals surface area contributed by atoms with E-state index >= 15 is 0 Å². The van der Waals surface area contributed by atoms with Gasteiger partial charge in [0.05, 0.1) is 35.4 Å². The number of aromatic nitrogens is 4. The second-order valence-corrected chi connectivity index (χ2v) is 8.61. The van der Waals surface area contributed by atoms with E-state index in [-0.39, 0.29) is 27.5 Å². The van der Waals surface area contributed by atoms with Gasteiger partial charge in [-0.1, -0.05) is 11.6 Å². The molecule has 1 N–H and O–H groups in total. The maximum atomic E-state index is 14.7. The predicted molar refractivity (Wildman–Crippen MR) is 130 cm³/mol. The lowest BCUT2D eigenvalue weighted by atomic mass is 10.0. The number of carbonyl (C=O) groups excluding carboxylic acids is 1. The molecule has 4 heterocycles. The minimum Gasteiger partial charge on any atom is -0.464 e. The van der Waals surface area contributed by atoms with Crippen molar-refractivity contribution < 1.29 is 13.9 Å². The number of pyridine rings is 2. The first-order valence-electron chi connectivity index (χ1n) is 11.0. The smallest absolute Gasteiger partial charge is 0.358 e. The summed E-state index contributed by atoms with van der Waals surface area (Å²) < 4.78 is 21.0. The highest BCUT2D eigenvalue weighted by Crippen LogP contribution is 2.31. The van der Waals surface area contributed by atoms with Gasteiger partial charge in [0.2, 0.25) is 0 Å². The van der Waals surface area contributed by atoms with Crippen molar-refractivity contribution in [2.45, 2.75) is 25.9 Å². The van der Waals surface area contributed by atoms with Gasteiger partial charge in [-0.25, -0.2) is 24.1 Å². The number of halogens is 2. The molecule has 9 nitrogen and oxygen atoms in total. The van der Waals surface area contributed by atoms with Gasteiger partial charge in [0.15, 0.2) is 5.69 Å². The summed E-state index contributed by atoms with van der Waals surface area (Å²) in [6.45, 7) is 2.06. The molecule has 1 atom stereocenters. The Morgan fingerprint density at radius 3 is 2.81 bits per heavy atom. The van der Waals surface area contributed by atoms with Gasteiger partial charge in [0.25, 0.3) is 5.56 Å². The summed E-state index contributed by atoms with van der Waals surface area (Å²) >= 11 is 5.95. The largest absolute Gasteiger partial charge is 0.464 e. The number of rotatable bonds is 4. The number of hydrogen-bond acceptors (Lipinski definition) is 8. The lowest BCUT2D eigenvalue weighted by molar-refractivity contribution is 0.0595. The normalized spacial score (nSPS) is 12.9. The van der Waals surface area contributed by atoms with Crippen molar-refractivity contribution in [1.29, 1.82) is 5.26 Å². The quantitative estimate of drug-likeness (QED) is 0.326. The maximum absolute atomic E-state index is 14.7. The van der Waals surface area contributed by atoms with Crippen LogP contribution >= 0.6 is 11.6 Å². The highest BCUT2D eigenvalue weighted by molar-refractivity contribution is 6.29. The van der Waals surface area contributed by atoms with Crippen LogP contribution < -0.4 is 10.9 Å². The summed E-state index contributed by atoms with van der Waals surface area (Å²) in [5, 5.41) is 12.6. The van der Waals surface area contributed by atoms with Crippen LogP contribution in [-0.2, 0) is 17.7 Å². The number of ether oxygens (including phenoxy) is 1. The Bertz CT molecular complexity index is 1660. The van der Waals surface area contributed by atoms with Crippen molar-refractivity contribution in [3.8, 4) is 17.5 Å². The number of fused-ring (bicyclic) bond motifs is 4. The van der Waals surface area contributed by atoms with Crippen LogP contribution in [0, 0.1) is 17.1 Å². The summed E-state index contributed by atoms with van der Waals surface area (Å²) in [6, 6.07) is 10.3. The Hall–Kier alpha value is -4.36. The van der Waals surface area contributed by atoms with E-state index in [0.717, 1.165) is 0 Å². The second kappa shape index (κ2) is 9.02. The van der Waals surface area contributed by atoms with E-state index in [1.54, 1.807) is 25.1 Å². The van der Waals surface area contributed by atoms with Gasteiger partial charge in [-0.3, -0.25) is 9.36 Å². The Morgan fingerprint density at radius 2 is 2.06 bits per heavy atom. The molecule has 180 valence electrons. The van der Waals surface area contributed by atoms with Crippen LogP contribution in [0.1, 0.15) is 40.4 Å². The van der Waals surface area contributed by atoms with Crippen molar-refractivity contribution in [2.24, 2.45) is 0 Å². The third-order valence-electron chi connectivity index (χ3n) is 6.03. The number of aryl methyl sites for hydroxylation is 1. The monoisotopic (exact) mass is 504 g/mol. The molecule has 0 aliphatic carbocycles. The average molecular weight is 505 g/mol. The molecule has 4 aromatic rings. The van der Waals surface area contributed by atoms with Crippen molar-refractivity contribution in [3.63, 3.8) is 0 Å². The molecule has 36 heavy (non-hydrogen) atoms.